The number of likely N-dealkylation sites (N-methyl/N-ethyl adjacent to an activating group) is 1. The van der Waals surface area contributed by atoms with E-state index >= 15 is 0 Å². The Balaban J connectivity index is 2.71. The molecule has 2 nitrogen and oxygen atoms in total. The first-order valence-electron chi connectivity index (χ1n) is 6.76. The van der Waals surface area contributed by atoms with Crippen LogP contribution < -0.4 is 5.73 Å². The van der Waals surface area contributed by atoms with E-state index in [1.807, 2.05) is 7.05 Å². The fourth-order valence-electron chi connectivity index (χ4n) is 2.92. The SMILES string of the molecule is CCC(C)N(C)C1(CN)CCC(C(F)(F)F)CC1. The molecule has 108 valence electrons. The van der Waals surface area contributed by atoms with Gasteiger partial charge in [-0.25, -0.2) is 0 Å². The maximum atomic E-state index is 12.7. The average molecular weight is 266 g/mol. The lowest BCUT2D eigenvalue weighted by atomic mass is 9.74. The largest absolute Gasteiger partial charge is 0.391 e. The van der Waals surface area contributed by atoms with Gasteiger partial charge in [-0.1, -0.05) is 6.92 Å². The lowest BCUT2D eigenvalue weighted by molar-refractivity contribution is -0.188. The van der Waals surface area contributed by atoms with E-state index in [1.54, 1.807) is 0 Å². The summed E-state index contributed by atoms with van der Waals surface area (Å²) < 4.78 is 38.0. The third-order valence-electron chi connectivity index (χ3n) is 4.76. The first-order chi connectivity index (χ1) is 8.27. The molecule has 0 heterocycles. The van der Waals surface area contributed by atoms with Crippen molar-refractivity contribution in [2.45, 2.75) is 63.7 Å². The number of nitrogens with zero attached hydrogens (tertiary/aromatic N) is 1. The molecule has 0 aromatic carbocycles. The van der Waals surface area contributed by atoms with Crippen LogP contribution in [0.3, 0.4) is 0 Å². The minimum atomic E-state index is -4.05. The van der Waals surface area contributed by atoms with Crippen molar-refractivity contribution < 1.29 is 13.2 Å². The number of rotatable bonds is 4. The summed E-state index contributed by atoms with van der Waals surface area (Å²) in [5.74, 6) is -1.14. The molecule has 1 aliphatic rings. The normalized spacial score (nSPS) is 31.7. The summed E-state index contributed by atoms with van der Waals surface area (Å²) >= 11 is 0. The van der Waals surface area contributed by atoms with Crippen LogP contribution in [0, 0.1) is 5.92 Å². The highest BCUT2D eigenvalue weighted by atomic mass is 19.4. The molecule has 1 fully saturated rings. The minimum Gasteiger partial charge on any atom is -0.329 e. The number of hydrogen-bond acceptors (Lipinski definition) is 2. The highest BCUT2D eigenvalue weighted by Crippen LogP contribution is 2.43. The van der Waals surface area contributed by atoms with Gasteiger partial charge in [0, 0.05) is 18.1 Å². The quantitative estimate of drug-likeness (QED) is 0.847. The first-order valence-corrected chi connectivity index (χ1v) is 6.76. The standard InChI is InChI=1S/C13H25F3N2/c1-4-10(2)18(3)12(9-17)7-5-11(6-8-12)13(14,15)16/h10-11H,4-9,17H2,1-3H3. The second kappa shape index (κ2) is 5.78. The van der Waals surface area contributed by atoms with Gasteiger partial charge in [-0.05, 0) is 46.1 Å². The molecule has 5 heteroatoms. The van der Waals surface area contributed by atoms with Gasteiger partial charge in [-0.15, -0.1) is 0 Å². The Morgan fingerprint density at radius 3 is 2.17 bits per heavy atom. The van der Waals surface area contributed by atoms with Crippen LogP contribution in [0.2, 0.25) is 0 Å². The van der Waals surface area contributed by atoms with Crippen molar-refractivity contribution in [2.75, 3.05) is 13.6 Å². The summed E-state index contributed by atoms with van der Waals surface area (Å²) in [5, 5.41) is 0. The predicted molar refractivity (Wildman–Crippen MR) is 67.3 cm³/mol. The van der Waals surface area contributed by atoms with Crippen LogP contribution in [-0.2, 0) is 0 Å². The van der Waals surface area contributed by atoms with E-state index in [-0.39, 0.29) is 18.4 Å². The molecule has 1 atom stereocenters. The summed E-state index contributed by atoms with van der Waals surface area (Å²) in [5.41, 5.74) is 5.62. The lowest BCUT2D eigenvalue weighted by Gasteiger charge is -2.48. The Morgan fingerprint density at radius 2 is 1.83 bits per heavy atom. The molecular formula is C13H25F3N2. The van der Waals surface area contributed by atoms with Crippen LogP contribution in [0.1, 0.15) is 46.0 Å². The number of nitrogens with two attached hydrogens (primary N) is 1. The number of alkyl halides is 3. The fraction of sp³-hybridized carbons (Fsp3) is 1.00. The van der Waals surface area contributed by atoms with Crippen LogP contribution in [0.5, 0.6) is 0 Å². The van der Waals surface area contributed by atoms with E-state index in [0.717, 1.165) is 6.42 Å². The van der Waals surface area contributed by atoms with Crippen molar-refractivity contribution in [1.29, 1.82) is 0 Å². The first kappa shape index (κ1) is 15.8. The molecule has 1 rings (SSSR count). The zero-order valence-corrected chi connectivity index (χ0v) is 11.6. The Kier molecular flexibility index (Phi) is 5.06. The highest BCUT2D eigenvalue weighted by Gasteiger charge is 2.47. The summed E-state index contributed by atoms with van der Waals surface area (Å²) in [6.45, 7) is 4.64. The smallest absolute Gasteiger partial charge is 0.329 e. The zero-order valence-electron chi connectivity index (χ0n) is 11.6. The predicted octanol–water partition coefficient (Wildman–Crippen LogP) is 3.17. The summed E-state index contributed by atoms with van der Waals surface area (Å²) in [6, 6.07) is 0.357. The number of halogens is 3. The van der Waals surface area contributed by atoms with Gasteiger partial charge in [-0.3, -0.25) is 4.90 Å². The molecule has 0 amide bonds. The second-order valence-corrected chi connectivity index (χ2v) is 5.61. The summed E-state index contributed by atoms with van der Waals surface area (Å²) in [6.07, 6.45) is -1.54. The Bertz CT molecular complexity index is 257. The minimum absolute atomic E-state index is 0.210. The Hall–Kier alpha value is -0.290. The van der Waals surface area contributed by atoms with E-state index in [2.05, 4.69) is 18.7 Å². The van der Waals surface area contributed by atoms with Crippen molar-refractivity contribution >= 4 is 0 Å². The molecule has 0 saturated heterocycles. The van der Waals surface area contributed by atoms with Crippen LogP contribution >= 0.6 is 0 Å². The molecule has 18 heavy (non-hydrogen) atoms. The molecule has 1 saturated carbocycles. The zero-order chi connectivity index (χ0) is 14.0. The molecule has 2 N–H and O–H groups in total. The average Bonchev–Trinajstić information content (AvgIpc) is 2.35. The third-order valence-corrected chi connectivity index (χ3v) is 4.76. The van der Waals surface area contributed by atoms with Gasteiger partial charge in [0.15, 0.2) is 0 Å². The van der Waals surface area contributed by atoms with Crippen LogP contribution in [0.4, 0.5) is 13.2 Å². The van der Waals surface area contributed by atoms with Crippen molar-refractivity contribution in [1.82, 2.24) is 4.90 Å². The fourth-order valence-corrected chi connectivity index (χ4v) is 2.92. The lowest BCUT2D eigenvalue weighted by Crippen LogP contribution is -2.57. The van der Waals surface area contributed by atoms with Crippen LogP contribution in [0.15, 0.2) is 0 Å². The molecule has 1 aliphatic carbocycles. The molecule has 0 bridgehead atoms. The van der Waals surface area contributed by atoms with Crippen molar-refractivity contribution in [3.8, 4) is 0 Å². The molecule has 0 spiro atoms. The maximum Gasteiger partial charge on any atom is 0.391 e. The third kappa shape index (κ3) is 3.18. The van der Waals surface area contributed by atoms with Crippen molar-refractivity contribution in [3.63, 3.8) is 0 Å². The van der Waals surface area contributed by atoms with Gasteiger partial charge in [0.25, 0.3) is 0 Å². The van der Waals surface area contributed by atoms with Gasteiger partial charge >= 0.3 is 6.18 Å². The molecule has 1 unspecified atom stereocenters. The van der Waals surface area contributed by atoms with E-state index in [0.29, 0.717) is 25.4 Å². The van der Waals surface area contributed by atoms with Gasteiger partial charge in [-0.2, -0.15) is 13.2 Å². The van der Waals surface area contributed by atoms with Gasteiger partial charge < -0.3 is 5.73 Å². The second-order valence-electron chi connectivity index (χ2n) is 5.61. The van der Waals surface area contributed by atoms with Crippen molar-refractivity contribution in [2.24, 2.45) is 11.7 Å². The Labute approximate surface area is 108 Å². The molecule has 0 aliphatic heterocycles. The molecule has 0 radical (unpaired) electrons. The van der Waals surface area contributed by atoms with Gasteiger partial charge in [0.1, 0.15) is 0 Å². The van der Waals surface area contributed by atoms with Crippen LogP contribution in [-0.4, -0.2) is 36.2 Å². The van der Waals surface area contributed by atoms with Gasteiger partial charge in [0.2, 0.25) is 0 Å². The highest BCUT2D eigenvalue weighted by molar-refractivity contribution is 4.97. The Morgan fingerprint density at radius 1 is 1.33 bits per heavy atom. The van der Waals surface area contributed by atoms with E-state index in [1.165, 1.54) is 0 Å². The van der Waals surface area contributed by atoms with Gasteiger partial charge in [0.05, 0.1) is 5.92 Å². The van der Waals surface area contributed by atoms with E-state index in [9.17, 15) is 13.2 Å². The van der Waals surface area contributed by atoms with E-state index < -0.39 is 12.1 Å². The molecule has 0 aromatic rings. The van der Waals surface area contributed by atoms with E-state index in [4.69, 9.17) is 5.73 Å². The molecular weight excluding hydrogens is 241 g/mol. The number of hydrogen-bond donors (Lipinski definition) is 1. The topological polar surface area (TPSA) is 29.3 Å². The van der Waals surface area contributed by atoms with Crippen molar-refractivity contribution in [3.05, 3.63) is 0 Å². The monoisotopic (exact) mass is 266 g/mol. The summed E-state index contributed by atoms with van der Waals surface area (Å²) in [7, 11) is 1.99. The summed E-state index contributed by atoms with van der Waals surface area (Å²) in [4.78, 5) is 2.19. The van der Waals surface area contributed by atoms with Crippen LogP contribution in [0.25, 0.3) is 0 Å². The maximum absolute atomic E-state index is 12.7. The molecule has 0 aromatic heterocycles.